The second kappa shape index (κ2) is 6.77. The molecule has 0 aliphatic carbocycles. The van der Waals surface area contributed by atoms with Gasteiger partial charge < -0.3 is 4.74 Å². The van der Waals surface area contributed by atoms with Crippen LogP contribution >= 0.6 is 0 Å². The van der Waals surface area contributed by atoms with Crippen LogP contribution in [0.1, 0.15) is 24.4 Å². The van der Waals surface area contributed by atoms with Crippen molar-refractivity contribution in [1.82, 2.24) is 9.21 Å². The van der Waals surface area contributed by atoms with Gasteiger partial charge in [0.05, 0.1) is 12.9 Å². The molecule has 1 atom stereocenters. The SMILES string of the molecule is COc1cccc([C@@H]2CCN2CCCS(=O)(=O)N(C)C)c1. The molecule has 0 radical (unpaired) electrons. The first-order valence-corrected chi connectivity index (χ1v) is 8.83. The van der Waals surface area contributed by atoms with Crippen LogP contribution in [0.25, 0.3) is 0 Å². The van der Waals surface area contributed by atoms with Crippen LogP contribution < -0.4 is 4.74 Å². The molecule has 0 aromatic heterocycles. The van der Waals surface area contributed by atoms with Crippen LogP contribution in [0.4, 0.5) is 0 Å². The number of sulfonamides is 1. The average Bonchev–Trinajstić information content (AvgIpc) is 2.42. The summed E-state index contributed by atoms with van der Waals surface area (Å²) in [6.45, 7) is 1.85. The molecule has 1 saturated heterocycles. The average molecular weight is 312 g/mol. The Labute approximate surface area is 127 Å². The van der Waals surface area contributed by atoms with Gasteiger partial charge in [-0.3, -0.25) is 4.90 Å². The Morgan fingerprint density at radius 1 is 1.38 bits per heavy atom. The Morgan fingerprint density at radius 2 is 2.14 bits per heavy atom. The third-order valence-electron chi connectivity index (χ3n) is 4.01. The van der Waals surface area contributed by atoms with Crippen molar-refractivity contribution in [3.05, 3.63) is 29.8 Å². The van der Waals surface area contributed by atoms with Crippen LogP contribution in [0, 0.1) is 0 Å². The van der Waals surface area contributed by atoms with Crippen LogP contribution in [-0.4, -0.2) is 57.7 Å². The Balaban J connectivity index is 1.88. The molecule has 118 valence electrons. The van der Waals surface area contributed by atoms with Gasteiger partial charge in [-0.25, -0.2) is 12.7 Å². The highest BCUT2D eigenvalue weighted by atomic mass is 32.2. The van der Waals surface area contributed by atoms with Crippen LogP contribution in [0.5, 0.6) is 5.75 Å². The first-order chi connectivity index (χ1) is 9.94. The molecule has 0 N–H and O–H groups in total. The van der Waals surface area contributed by atoms with Gasteiger partial charge in [0.25, 0.3) is 0 Å². The van der Waals surface area contributed by atoms with E-state index in [9.17, 15) is 8.42 Å². The first kappa shape index (κ1) is 16.3. The predicted octanol–water partition coefficient (Wildman–Crippen LogP) is 1.72. The second-order valence-corrected chi connectivity index (χ2v) is 7.87. The lowest BCUT2D eigenvalue weighted by molar-refractivity contribution is 0.0911. The number of rotatable bonds is 7. The number of likely N-dealkylation sites (tertiary alicyclic amines) is 1. The highest BCUT2D eigenvalue weighted by molar-refractivity contribution is 7.89. The fraction of sp³-hybridized carbons (Fsp3) is 0.600. The van der Waals surface area contributed by atoms with E-state index in [1.165, 1.54) is 9.87 Å². The molecular weight excluding hydrogens is 288 g/mol. The van der Waals surface area contributed by atoms with Gasteiger partial charge in [0.2, 0.25) is 10.0 Å². The van der Waals surface area contributed by atoms with Crippen molar-refractivity contribution in [3.8, 4) is 5.75 Å². The Hall–Kier alpha value is -1.11. The molecule has 1 heterocycles. The van der Waals surface area contributed by atoms with E-state index in [1.54, 1.807) is 21.2 Å². The van der Waals surface area contributed by atoms with Gasteiger partial charge in [-0.15, -0.1) is 0 Å². The molecule has 1 aliphatic heterocycles. The van der Waals surface area contributed by atoms with E-state index in [0.717, 1.165) is 25.3 Å². The molecule has 1 aliphatic rings. The van der Waals surface area contributed by atoms with E-state index in [4.69, 9.17) is 4.74 Å². The van der Waals surface area contributed by atoms with Crippen LogP contribution in [0.3, 0.4) is 0 Å². The summed E-state index contributed by atoms with van der Waals surface area (Å²) in [6, 6.07) is 8.50. The Morgan fingerprint density at radius 3 is 2.71 bits per heavy atom. The lowest BCUT2D eigenvalue weighted by Crippen LogP contribution is -2.42. The molecule has 0 amide bonds. The van der Waals surface area contributed by atoms with Crippen molar-refractivity contribution in [3.63, 3.8) is 0 Å². The lowest BCUT2D eigenvalue weighted by atomic mass is 9.94. The molecular formula is C15H24N2O3S. The molecule has 0 saturated carbocycles. The van der Waals surface area contributed by atoms with E-state index in [1.807, 2.05) is 12.1 Å². The van der Waals surface area contributed by atoms with Gasteiger partial charge >= 0.3 is 0 Å². The zero-order chi connectivity index (χ0) is 15.5. The summed E-state index contributed by atoms with van der Waals surface area (Å²) in [4.78, 5) is 2.33. The van der Waals surface area contributed by atoms with E-state index in [-0.39, 0.29) is 5.75 Å². The molecule has 1 aromatic rings. The van der Waals surface area contributed by atoms with Crippen LogP contribution in [0.15, 0.2) is 24.3 Å². The molecule has 0 bridgehead atoms. The maximum atomic E-state index is 11.7. The summed E-state index contributed by atoms with van der Waals surface area (Å²) in [5, 5.41) is 0. The van der Waals surface area contributed by atoms with Crippen LogP contribution in [-0.2, 0) is 10.0 Å². The van der Waals surface area contributed by atoms with Crippen molar-refractivity contribution < 1.29 is 13.2 Å². The largest absolute Gasteiger partial charge is 0.497 e. The molecule has 21 heavy (non-hydrogen) atoms. The molecule has 2 rings (SSSR count). The minimum Gasteiger partial charge on any atom is -0.497 e. The van der Waals surface area contributed by atoms with Crippen molar-refractivity contribution in [1.29, 1.82) is 0 Å². The van der Waals surface area contributed by atoms with Crippen molar-refractivity contribution in [2.45, 2.75) is 18.9 Å². The number of benzene rings is 1. The standard InChI is InChI=1S/C15H24N2O3S/c1-16(2)21(18,19)11-5-9-17-10-8-15(17)13-6-4-7-14(12-13)20-3/h4,6-7,12,15H,5,8-11H2,1-3H3/t15-/m0/s1. The molecule has 0 unspecified atom stereocenters. The molecule has 1 aromatic carbocycles. The van der Waals surface area contributed by atoms with E-state index in [2.05, 4.69) is 17.0 Å². The van der Waals surface area contributed by atoms with Gasteiger partial charge in [0.15, 0.2) is 0 Å². The smallest absolute Gasteiger partial charge is 0.213 e. The molecule has 5 nitrogen and oxygen atoms in total. The number of hydrogen-bond acceptors (Lipinski definition) is 4. The number of ether oxygens (including phenoxy) is 1. The maximum absolute atomic E-state index is 11.7. The number of methoxy groups -OCH3 is 1. The number of nitrogens with zero attached hydrogens (tertiary/aromatic N) is 2. The highest BCUT2D eigenvalue weighted by Crippen LogP contribution is 2.34. The van der Waals surface area contributed by atoms with Gasteiger partial charge in [-0.05, 0) is 37.1 Å². The predicted molar refractivity (Wildman–Crippen MR) is 84.0 cm³/mol. The van der Waals surface area contributed by atoms with Gasteiger partial charge in [-0.1, -0.05) is 12.1 Å². The summed E-state index contributed by atoms with van der Waals surface area (Å²) in [5.74, 6) is 1.08. The fourth-order valence-electron chi connectivity index (χ4n) is 2.57. The van der Waals surface area contributed by atoms with Crippen molar-refractivity contribution >= 4 is 10.0 Å². The first-order valence-electron chi connectivity index (χ1n) is 7.22. The van der Waals surface area contributed by atoms with E-state index >= 15 is 0 Å². The minimum absolute atomic E-state index is 0.210. The topological polar surface area (TPSA) is 49.9 Å². The van der Waals surface area contributed by atoms with E-state index < -0.39 is 10.0 Å². The lowest BCUT2D eigenvalue weighted by Gasteiger charge is -2.41. The molecule has 1 fully saturated rings. The van der Waals surface area contributed by atoms with Crippen LogP contribution in [0.2, 0.25) is 0 Å². The summed E-state index contributed by atoms with van der Waals surface area (Å²) < 4.78 is 30.0. The second-order valence-electron chi connectivity index (χ2n) is 5.57. The normalized spacial score (nSPS) is 19.5. The van der Waals surface area contributed by atoms with Gasteiger partial charge in [-0.2, -0.15) is 0 Å². The maximum Gasteiger partial charge on any atom is 0.213 e. The third kappa shape index (κ3) is 3.96. The quantitative estimate of drug-likeness (QED) is 0.769. The summed E-state index contributed by atoms with van der Waals surface area (Å²) in [5.41, 5.74) is 1.25. The monoisotopic (exact) mass is 312 g/mol. The van der Waals surface area contributed by atoms with Crippen molar-refractivity contribution in [2.24, 2.45) is 0 Å². The Kier molecular flexibility index (Phi) is 5.24. The zero-order valence-corrected chi connectivity index (χ0v) is 13.8. The summed E-state index contributed by atoms with van der Waals surface area (Å²) in [7, 11) is 1.75. The molecule has 6 heteroatoms. The third-order valence-corrected chi connectivity index (χ3v) is 5.93. The van der Waals surface area contributed by atoms with Gasteiger partial charge in [0, 0.05) is 26.7 Å². The van der Waals surface area contributed by atoms with E-state index in [0.29, 0.717) is 12.5 Å². The van der Waals surface area contributed by atoms with Gasteiger partial charge in [0.1, 0.15) is 5.75 Å². The van der Waals surface area contributed by atoms with Crippen molar-refractivity contribution in [2.75, 3.05) is 40.0 Å². The zero-order valence-electron chi connectivity index (χ0n) is 12.9. The Bertz CT molecular complexity index is 572. The fourth-order valence-corrected chi connectivity index (χ4v) is 3.43. The minimum atomic E-state index is -3.08. The summed E-state index contributed by atoms with van der Waals surface area (Å²) in [6.07, 6.45) is 1.79. The highest BCUT2D eigenvalue weighted by Gasteiger charge is 2.29. The molecule has 0 spiro atoms. The number of hydrogen-bond donors (Lipinski definition) is 0. The summed E-state index contributed by atoms with van der Waals surface area (Å²) >= 11 is 0.